The maximum atomic E-state index is 14.4. The number of hydrogen-bond acceptors (Lipinski definition) is 7. The first-order valence-corrected chi connectivity index (χ1v) is 15.9. The lowest BCUT2D eigenvalue weighted by Gasteiger charge is -2.37. The molecular formula is C35H49ClF2N6O2. The monoisotopic (exact) mass is 658 g/mol. The molecule has 2 saturated heterocycles. The highest BCUT2D eigenvalue weighted by Crippen LogP contribution is 2.28. The number of nitrogens with zero attached hydrogens (tertiary/aromatic N) is 5. The number of halogens is 3. The van der Waals surface area contributed by atoms with Crippen molar-refractivity contribution in [3.63, 3.8) is 0 Å². The Balaban J connectivity index is 0.000000328. The summed E-state index contributed by atoms with van der Waals surface area (Å²) < 4.78 is 33.8. The van der Waals surface area contributed by atoms with Crippen molar-refractivity contribution in [3.8, 4) is 12.1 Å². The molecule has 8 nitrogen and oxygen atoms in total. The Labute approximate surface area is 279 Å². The summed E-state index contributed by atoms with van der Waals surface area (Å²) in [5.74, 6) is 0.00631. The van der Waals surface area contributed by atoms with E-state index in [2.05, 4.69) is 37.9 Å². The van der Waals surface area contributed by atoms with Gasteiger partial charge in [0, 0.05) is 52.4 Å². The molecule has 0 atom stereocenters. The molecule has 4 rings (SSSR count). The third kappa shape index (κ3) is 11.0. The minimum absolute atomic E-state index is 0. The SMILES string of the molecule is CC(C)Cc1cc(F)c(C#N)c(N2CCN(C(=O)OC(C)(C)C)CC2)c1.CC(C)Cc1cc(F)c(C#N)c(N2CCNCC2)c1.Cl. The van der Waals surface area contributed by atoms with E-state index in [1.54, 1.807) is 4.90 Å². The predicted octanol–water partition coefficient (Wildman–Crippen LogP) is 6.68. The first-order chi connectivity index (χ1) is 21.2. The molecule has 2 aliphatic rings. The molecule has 11 heteroatoms. The highest BCUT2D eigenvalue weighted by Gasteiger charge is 2.27. The average Bonchev–Trinajstić information content (AvgIpc) is 2.96. The van der Waals surface area contributed by atoms with Crippen molar-refractivity contribution in [3.05, 3.63) is 58.2 Å². The lowest BCUT2D eigenvalue weighted by Crippen LogP contribution is -2.50. The zero-order valence-electron chi connectivity index (χ0n) is 28.3. The fraction of sp³-hybridized carbons (Fsp3) is 0.571. The number of piperazine rings is 2. The third-order valence-corrected chi connectivity index (χ3v) is 7.50. The van der Waals surface area contributed by atoms with Crippen molar-refractivity contribution >= 4 is 29.9 Å². The number of anilines is 2. The molecule has 252 valence electrons. The highest BCUT2D eigenvalue weighted by molar-refractivity contribution is 5.85. The molecule has 2 aromatic rings. The van der Waals surface area contributed by atoms with Crippen LogP contribution in [0.2, 0.25) is 0 Å². The van der Waals surface area contributed by atoms with Crippen LogP contribution in [-0.2, 0) is 17.6 Å². The molecule has 2 fully saturated rings. The van der Waals surface area contributed by atoms with Crippen LogP contribution in [0, 0.1) is 46.1 Å². The molecule has 0 radical (unpaired) electrons. The number of carbonyl (C=O) groups excluding carboxylic acids is 1. The van der Waals surface area contributed by atoms with Crippen LogP contribution in [0.3, 0.4) is 0 Å². The lowest BCUT2D eigenvalue weighted by molar-refractivity contribution is 0.0240. The number of benzene rings is 2. The Morgan fingerprint density at radius 2 is 1.22 bits per heavy atom. The van der Waals surface area contributed by atoms with E-state index >= 15 is 0 Å². The normalized spacial score (nSPS) is 15.0. The molecule has 0 bridgehead atoms. The van der Waals surface area contributed by atoms with Gasteiger partial charge >= 0.3 is 6.09 Å². The van der Waals surface area contributed by atoms with Crippen LogP contribution in [0.1, 0.15) is 70.7 Å². The molecule has 0 saturated carbocycles. The lowest BCUT2D eigenvalue weighted by atomic mass is 9.99. The van der Waals surface area contributed by atoms with E-state index in [1.807, 2.05) is 49.9 Å². The van der Waals surface area contributed by atoms with Gasteiger partial charge in [-0.3, -0.25) is 0 Å². The second kappa shape index (κ2) is 17.4. The van der Waals surface area contributed by atoms with Gasteiger partial charge in [0.05, 0.1) is 11.4 Å². The van der Waals surface area contributed by atoms with Crippen molar-refractivity contribution in [2.45, 2.75) is 66.9 Å². The Morgan fingerprint density at radius 1 is 0.804 bits per heavy atom. The summed E-state index contributed by atoms with van der Waals surface area (Å²) in [6.45, 7) is 19.3. The third-order valence-electron chi connectivity index (χ3n) is 7.50. The molecule has 0 unspecified atom stereocenters. The summed E-state index contributed by atoms with van der Waals surface area (Å²) in [5.41, 5.74) is 2.95. The molecule has 2 aromatic carbocycles. The van der Waals surface area contributed by atoms with Crippen LogP contribution in [0.25, 0.3) is 0 Å². The fourth-order valence-electron chi connectivity index (χ4n) is 5.55. The van der Waals surface area contributed by atoms with Gasteiger partial charge in [-0.2, -0.15) is 10.5 Å². The highest BCUT2D eigenvalue weighted by atomic mass is 35.5. The number of amides is 1. The van der Waals surface area contributed by atoms with Gasteiger partial charge in [0.15, 0.2) is 0 Å². The van der Waals surface area contributed by atoms with E-state index in [0.29, 0.717) is 43.7 Å². The molecular weight excluding hydrogens is 610 g/mol. The summed E-state index contributed by atoms with van der Waals surface area (Å²) in [6.07, 6.45) is 1.26. The number of nitrogens with one attached hydrogen (secondary N) is 1. The second-order valence-corrected chi connectivity index (χ2v) is 13.6. The van der Waals surface area contributed by atoms with Crippen LogP contribution >= 0.6 is 12.4 Å². The van der Waals surface area contributed by atoms with Gasteiger partial charge in [0.25, 0.3) is 0 Å². The minimum Gasteiger partial charge on any atom is -0.444 e. The van der Waals surface area contributed by atoms with Crippen molar-refractivity contribution in [1.29, 1.82) is 10.5 Å². The van der Waals surface area contributed by atoms with E-state index in [1.165, 1.54) is 12.1 Å². The Hall–Kier alpha value is -3.60. The average molecular weight is 659 g/mol. The molecule has 2 heterocycles. The second-order valence-electron chi connectivity index (χ2n) is 13.6. The van der Waals surface area contributed by atoms with Gasteiger partial charge in [0.1, 0.15) is 40.5 Å². The minimum atomic E-state index is -0.531. The number of nitriles is 2. The summed E-state index contributed by atoms with van der Waals surface area (Å²) in [5, 5.41) is 21.8. The van der Waals surface area contributed by atoms with E-state index in [9.17, 15) is 24.1 Å². The topological polar surface area (TPSA) is 95.6 Å². The molecule has 1 N–H and O–H groups in total. The van der Waals surface area contributed by atoms with Gasteiger partial charge in [-0.25, -0.2) is 13.6 Å². The number of hydrogen-bond donors (Lipinski definition) is 1. The summed E-state index contributed by atoms with van der Waals surface area (Å²) in [4.78, 5) is 17.9. The zero-order valence-corrected chi connectivity index (χ0v) is 29.1. The van der Waals surface area contributed by atoms with Crippen molar-refractivity contribution in [1.82, 2.24) is 10.2 Å². The fourth-order valence-corrected chi connectivity index (χ4v) is 5.55. The Bertz CT molecular complexity index is 1400. The quantitative estimate of drug-likeness (QED) is 0.370. The van der Waals surface area contributed by atoms with Crippen LogP contribution in [0.4, 0.5) is 25.0 Å². The van der Waals surface area contributed by atoms with Gasteiger partial charge in [-0.05, 0) is 80.8 Å². The van der Waals surface area contributed by atoms with Crippen molar-refractivity contribution in [2.75, 3.05) is 62.2 Å². The molecule has 1 amide bonds. The summed E-state index contributed by atoms with van der Waals surface area (Å²) in [6, 6.07) is 10.8. The Kier molecular flexibility index (Phi) is 14.6. The molecule has 2 aliphatic heterocycles. The van der Waals surface area contributed by atoms with E-state index < -0.39 is 17.2 Å². The number of ether oxygens (including phenoxy) is 1. The van der Waals surface area contributed by atoms with Crippen LogP contribution in [0.5, 0.6) is 0 Å². The standard InChI is InChI=1S/C20H28FN3O2.C15H20FN3.ClH/c1-14(2)10-15-11-17(21)16(13-22)18(12-15)23-6-8-24(9-7-23)19(25)26-20(3,4)5;1-11(2)7-12-8-14(16)13(10-17)15(9-12)19-5-3-18-4-6-19;/h11-12,14H,6-10H2,1-5H3;8-9,11,18H,3-7H2,1-2H3;1H. The molecule has 0 aromatic heterocycles. The van der Waals surface area contributed by atoms with Crippen LogP contribution in [0.15, 0.2) is 24.3 Å². The van der Waals surface area contributed by atoms with E-state index in [-0.39, 0.29) is 29.6 Å². The van der Waals surface area contributed by atoms with E-state index in [4.69, 9.17) is 4.74 Å². The molecule has 0 aliphatic carbocycles. The van der Waals surface area contributed by atoms with Crippen molar-refractivity contribution < 1.29 is 18.3 Å². The summed E-state index contributed by atoms with van der Waals surface area (Å²) in [7, 11) is 0. The van der Waals surface area contributed by atoms with Crippen molar-refractivity contribution in [2.24, 2.45) is 11.8 Å². The smallest absolute Gasteiger partial charge is 0.410 e. The van der Waals surface area contributed by atoms with Gasteiger partial charge in [0.2, 0.25) is 0 Å². The van der Waals surface area contributed by atoms with Crippen LogP contribution < -0.4 is 15.1 Å². The largest absolute Gasteiger partial charge is 0.444 e. The zero-order chi connectivity index (χ0) is 33.3. The first kappa shape index (κ1) is 38.6. The predicted molar refractivity (Wildman–Crippen MR) is 182 cm³/mol. The molecule has 46 heavy (non-hydrogen) atoms. The molecule has 0 spiro atoms. The summed E-state index contributed by atoms with van der Waals surface area (Å²) >= 11 is 0. The van der Waals surface area contributed by atoms with Crippen LogP contribution in [-0.4, -0.2) is 69.0 Å². The van der Waals surface area contributed by atoms with Gasteiger partial charge in [-0.1, -0.05) is 27.7 Å². The maximum Gasteiger partial charge on any atom is 0.410 e. The maximum absolute atomic E-state index is 14.4. The number of rotatable bonds is 6. The van der Waals surface area contributed by atoms with Gasteiger partial charge < -0.3 is 24.8 Å². The Morgan fingerprint density at radius 3 is 1.59 bits per heavy atom. The number of carbonyl (C=O) groups is 1. The van der Waals surface area contributed by atoms with E-state index in [0.717, 1.165) is 55.8 Å². The first-order valence-electron chi connectivity index (χ1n) is 15.9. The van der Waals surface area contributed by atoms with Gasteiger partial charge in [-0.15, -0.1) is 12.4 Å².